The van der Waals surface area contributed by atoms with Gasteiger partial charge in [-0.15, -0.1) is 0 Å². The first-order valence-corrected chi connectivity index (χ1v) is 9.16. The number of nitrogens with two attached hydrogens (primary N) is 1. The van der Waals surface area contributed by atoms with Crippen LogP contribution in [0.1, 0.15) is 22.8 Å². The molecule has 0 spiro atoms. The van der Waals surface area contributed by atoms with Gasteiger partial charge < -0.3 is 5.73 Å². The molecule has 0 heterocycles. The molecule has 127 valence electrons. The van der Waals surface area contributed by atoms with Crippen molar-refractivity contribution in [1.29, 1.82) is 0 Å². The van der Waals surface area contributed by atoms with Gasteiger partial charge in [0.1, 0.15) is 4.90 Å². The minimum Gasteiger partial charge on any atom is -0.398 e. The number of hydrogen-bond donors (Lipinski definition) is 3. The largest absolute Gasteiger partial charge is 0.398 e. The lowest BCUT2D eigenvalue weighted by Gasteiger charge is -2.14. The third-order valence-corrected chi connectivity index (χ3v) is 5.01. The van der Waals surface area contributed by atoms with E-state index in [0.29, 0.717) is 6.07 Å². The second-order valence-electron chi connectivity index (χ2n) is 4.88. The van der Waals surface area contributed by atoms with Crippen LogP contribution >= 0.6 is 0 Å². The van der Waals surface area contributed by atoms with Gasteiger partial charge in [-0.25, -0.2) is 0 Å². The summed E-state index contributed by atoms with van der Waals surface area (Å²) in [7, 11) is -9.65. The molecule has 0 saturated carbocycles. The molecule has 8 nitrogen and oxygen atoms in total. The maximum absolute atomic E-state index is 11.8. The molecule has 0 aliphatic heterocycles. The minimum atomic E-state index is -4.87. The normalized spacial score (nSPS) is 12.3. The van der Waals surface area contributed by atoms with Crippen molar-refractivity contribution in [1.82, 2.24) is 0 Å². The molecule has 0 bridgehead atoms. The van der Waals surface area contributed by atoms with E-state index in [9.17, 15) is 30.7 Å². The number of nitrogen functional groups attached to an aromatic ring is 1. The van der Waals surface area contributed by atoms with Crippen LogP contribution < -0.4 is 5.73 Å². The van der Waals surface area contributed by atoms with Crippen molar-refractivity contribution in [3.8, 4) is 0 Å². The molecule has 4 N–H and O–H groups in total. The highest BCUT2D eigenvalue weighted by Crippen LogP contribution is 2.34. The summed E-state index contributed by atoms with van der Waals surface area (Å²) in [6.45, 7) is 4.71. The zero-order chi connectivity index (χ0) is 18.4. The Morgan fingerprint density at radius 2 is 1.79 bits per heavy atom. The van der Waals surface area contributed by atoms with Crippen molar-refractivity contribution in [2.24, 2.45) is 0 Å². The van der Waals surface area contributed by atoms with E-state index < -0.39 is 35.8 Å². The van der Waals surface area contributed by atoms with Crippen molar-refractivity contribution in [2.75, 3.05) is 5.73 Å². The summed E-state index contributed by atoms with van der Waals surface area (Å²) >= 11 is 0. The first-order chi connectivity index (χ1) is 10.9. The van der Waals surface area contributed by atoms with Gasteiger partial charge in [-0.3, -0.25) is 13.9 Å². The van der Waals surface area contributed by atoms with Crippen molar-refractivity contribution < 1.29 is 30.7 Å². The summed E-state index contributed by atoms with van der Waals surface area (Å²) in [6.07, 6.45) is 1.19. The van der Waals surface area contributed by atoms with E-state index in [1.54, 1.807) is 0 Å². The predicted octanol–water partition coefficient (Wildman–Crippen LogP) is 1.56. The number of benzene rings is 2. The van der Waals surface area contributed by atoms with Crippen LogP contribution in [0.4, 0.5) is 5.69 Å². The minimum absolute atomic E-state index is 0.0359. The molecule has 0 aliphatic carbocycles. The molecule has 0 amide bonds. The highest BCUT2D eigenvalue weighted by Gasteiger charge is 2.24. The molecular formula is C14H12NO7S2. The fraction of sp³-hybridized carbons (Fsp3) is 0.0714. The Kier molecular flexibility index (Phi) is 4.27. The smallest absolute Gasteiger partial charge is 0.295 e. The molecule has 0 atom stereocenters. The molecule has 0 aliphatic rings. The fourth-order valence-electron chi connectivity index (χ4n) is 2.35. The second-order valence-corrected chi connectivity index (χ2v) is 7.69. The van der Waals surface area contributed by atoms with E-state index in [-0.39, 0.29) is 27.6 Å². The van der Waals surface area contributed by atoms with Crippen molar-refractivity contribution in [3.05, 3.63) is 35.9 Å². The summed E-state index contributed by atoms with van der Waals surface area (Å²) in [6, 6.07) is 3.98. The van der Waals surface area contributed by atoms with E-state index in [0.717, 1.165) is 6.07 Å². The molecule has 2 rings (SSSR count). The van der Waals surface area contributed by atoms with Crippen LogP contribution in [0, 0.1) is 6.07 Å². The highest BCUT2D eigenvalue weighted by atomic mass is 32.2. The molecule has 0 unspecified atom stereocenters. The lowest BCUT2D eigenvalue weighted by molar-refractivity contribution is 0.101. The number of hydrogen-bond acceptors (Lipinski definition) is 6. The SMILES string of the molecule is C=Cc1c(C(C)=O)c(N)[c]c2c(S(=O)(=O)O)cc(S(=O)(=O)O)cc12. The quantitative estimate of drug-likeness (QED) is 0.416. The van der Waals surface area contributed by atoms with Gasteiger partial charge in [-0.1, -0.05) is 12.7 Å². The van der Waals surface area contributed by atoms with E-state index in [2.05, 4.69) is 12.6 Å². The van der Waals surface area contributed by atoms with E-state index in [4.69, 9.17) is 5.73 Å². The van der Waals surface area contributed by atoms with Crippen LogP contribution in [0.25, 0.3) is 16.8 Å². The number of fused-ring (bicyclic) bond motifs is 1. The van der Waals surface area contributed by atoms with Crippen LogP contribution in [0.2, 0.25) is 0 Å². The molecular weight excluding hydrogens is 358 g/mol. The Balaban J connectivity index is 3.23. The fourth-order valence-corrected chi connectivity index (χ4v) is 3.66. The van der Waals surface area contributed by atoms with Crippen molar-refractivity contribution in [2.45, 2.75) is 16.7 Å². The lowest BCUT2D eigenvalue weighted by atomic mass is 9.95. The number of Topliss-reactive ketones (excluding diaryl/α,β-unsaturated/α-hetero) is 1. The summed E-state index contributed by atoms with van der Waals surface area (Å²) in [5.41, 5.74) is 5.57. The third kappa shape index (κ3) is 3.04. The van der Waals surface area contributed by atoms with Gasteiger partial charge in [0.2, 0.25) is 0 Å². The zero-order valence-electron chi connectivity index (χ0n) is 12.3. The highest BCUT2D eigenvalue weighted by molar-refractivity contribution is 7.86. The summed E-state index contributed by atoms with van der Waals surface area (Å²) in [5.74, 6) is -0.480. The monoisotopic (exact) mass is 370 g/mol. The summed E-state index contributed by atoms with van der Waals surface area (Å²) < 4.78 is 64.5. The Morgan fingerprint density at radius 1 is 1.21 bits per heavy atom. The average molecular weight is 370 g/mol. The van der Waals surface area contributed by atoms with Gasteiger partial charge in [0.15, 0.2) is 5.78 Å². The van der Waals surface area contributed by atoms with Crippen LogP contribution in [-0.2, 0) is 20.2 Å². The topological polar surface area (TPSA) is 152 Å². The molecule has 1 radical (unpaired) electrons. The van der Waals surface area contributed by atoms with E-state index in [1.165, 1.54) is 13.0 Å². The molecule has 2 aromatic carbocycles. The molecule has 0 aromatic heterocycles. The Morgan fingerprint density at radius 3 is 2.21 bits per heavy atom. The van der Waals surface area contributed by atoms with Crippen molar-refractivity contribution in [3.63, 3.8) is 0 Å². The third-order valence-electron chi connectivity index (χ3n) is 3.30. The maximum Gasteiger partial charge on any atom is 0.295 e. The van der Waals surface area contributed by atoms with Gasteiger partial charge in [-0.2, -0.15) is 16.8 Å². The second kappa shape index (κ2) is 5.67. The van der Waals surface area contributed by atoms with E-state index >= 15 is 0 Å². The van der Waals surface area contributed by atoms with Gasteiger partial charge in [0, 0.05) is 17.0 Å². The standard InChI is InChI=1S/C14H12NO7S2/c1-3-9-10-4-8(23(17,18)19)5-13(24(20,21)22)11(10)6-12(15)14(9)7(2)16/h3-5H,1,15H2,2H3,(H,17,18,19)(H,20,21,22). The average Bonchev–Trinajstić information content (AvgIpc) is 2.42. The first kappa shape index (κ1) is 18.1. The van der Waals surface area contributed by atoms with Gasteiger partial charge >= 0.3 is 0 Å². The molecule has 10 heteroatoms. The van der Waals surface area contributed by atoms with Crippen molar-refractivity contribution >= 4 is 48.6 Å². The molecule has 0 saturated heterocycles. The van der Waals surface area contributed by atoms with Gasteiger partial charge in [0.05, 0.1) is 10.6 Å². The number of carbonyl (C=O) groups excluding carboxylic acids is 1. The van der Waals surface area contributed by atoms with Crippen LogP contribution in [0.5, 0.6) is 0 Å². The van der Waals surface area contributed by atoms with E-state index in [1.807, 2.05) is 0 Å². The maximum atomic E-state index is 11.8. The molecule has 2 aromatic rings. The Hall–Kier alpha value is -2.27. The first-order valence-electron chi connectivity index (χ1n) is 6.28. The molecule has 0 fully saturated rings. The zero-order valence-corrected chi connectivity index (χ0v) is 13.9. The van der Waals surface area contributed by atoms with Crippen LogP contribution in [0.3, 0.4) is 0 Å². The summed E-state index contributed by atoms with van der Waals surface area (Å²) in [5, 5.41) is -0.311. The van der Waals surface area contributed by atoms with Gasteiger partial charge in [-0.05, 0) is 30.0 Å². The lowest BCUT2D eigenvalue weighted by Crippen LogP contribution is -2.08. The Bertz CT molecular complexity index is 1100. The predicted molar refractivity (Wildman–Crippen MR) is 86.9 cm³/mol. The van der Waals surface area contributed by atoms with Crippen LogP contribution in [0.15, 0.2) is 28.5 Å². The summed E-state index contributed by atoms with van der Waals surface area (Å²) in [4.78, 5) is 10.2. The van der Waals surface area contributed by atoms with Gasteiger partial charge in [0.25, 0.3) is 20.2 Å². The Labute approximate surface area is 138 Å². The number of anilines is 1. The number of carbonyl (C=O) groups is 1. The number of rotatable bonds is 4. The van der Waals surface area contributed by atoms with Crippen LogP contribution in [-0.4, -0.2) is 31.7 Å². The number of ketones is 1. The molecule has 24 heavy (non-hydrogen) atoms.